The van der Waals surface area contributed by atoms with Crippen molar-refractivity contribution in [2.24, 2.45) is 0 Å². The number of carboxylic acid groups (broad SMARTS) is 1. The Balaban J connectivity index is 2.10. The van der Waals surface area contributed by atoms with E-state index in [9.17, 15) is 4.79 Å². The average Bonchev–Trinajstić information content (AvgIpc) is 2.34. The molecule has 1 rings (SSSR count). The summed E-state index contributed by atoms with van der Waals surface area (Å²) in [6.45, 7) is 1.09. The van der Waals surface area contributed by atoms with E-state index in [0.29, 0.717) is 19.6 Å². The quantitative estimate of drug-likeness (QED) is 0.669. The zero-order valence-electron chi connectivity index (χ0n) is 10.1. The lowest BCUT2D eigenvalue weighted by Crippen LogP contribution is -2.34. The highest BCUT2D eigenvalue weighted by molar-refractivity contribution is 5.73. The van der Waals surface area contributed by atoms with E-state index < -0.39 is 12.0 Å². The minimum atomic E-state index is -0.834. The fourth-order valence-corrected chi connectivity index (χ4v) is 1.53. The summed E-state index contributed by atoms with van der Waals surface area (Å²) in [6, 6.07) is 9.56. The van der Waals surface area contributed by atoms with Crippen LogP contribution in [0.25, 0.3) is 0 Å². The van der Waals surface area contributed by atoms with E-state index in [1.165, 1.54) is 5.56 Å². The number of nitrogens with one attached hydrogen (secondary N) is 1. The second-order valence-corrected chi connectivity index (χ2v) is 3.82. The van der Waals surface area contributed by atoms with E-state index in [0.717, 1.165) is 6.42 Å². The van der Waals surface area contributed by atoms with Gasteiger partial charge in [0.2, 0.25) is 0 Å². The van der Waals surface area contributed by atoms with Crippen molar-refractivity contribution in [3.63, 3.8) is 0 Å². The molecule has 4 nitrogen and oxygen atoms in total. The Bertz CT molecular complexity index is 327. The third kappa shape index (κ3) is 5.47. The maximum atomic E-state index is 10.7. The molecule has 0 aliphatic heterocycles. The minimum absolute atomic E-state index is 0.463. The molecule has 0 spiro atoms. The zero-order chi connectivity index (χ0) is 12.5. The molecule has 0 amide bonds. The first-order chi connectivity index (χ1) is 8.24. The molecule has 0 fully saturated rings. The number of ether oxygens (including phenoxy) is 1. The van der Waals surface area contributed by atoms with Gasteiger partial charge in [-0.1, -0.05) is 30.3 Å². The fraction of sp³-hybridized carbons (Fsp3) is 0.462. The number of hydrogen-bond acceptors (Lipinski definition) is 3. The molecule has 2 N–H and O–H groups in total. The molecule has 1 aromatic carbocycles. The Morgan fingerprint density at radius 2 is 2.06 bits per heavy atom. The van der Waals surface area contributed by atoms with Gasteiger partial charge in [0, 0.05) is 6.61 Å². The number of aliphatic carboxylic acids is 1. The molecule has 0 radical (unpaired) electrons. The predicted octanol–water partition coefficient (Wildman–Crippen LogP) is 1.31. The van der Waals surface area contributed by atoms with Gasteiger partial charge in [0.1, 0.15) is 6.04 Å². The van der Waals surface area contributed by atoms with Gasteiger partial charge in [-0.3, -0.25) is 4.79 Å². The maximum absolute atomic E-state index is 10.7. The Kier molecular flexibility index (Phi) is 6.29. The monoisotopic (exact) mass is 237 g/mol. The summed E-state index contributed by atoms with van der Waals surface area (Å²) in [7, 11) is 1.64. The zero-order valence-corrected chi connectivity index (χ0v) is 10.1. The van der Waals surface area contributed by atoms with E-state index in [2.05, 4.69) is 17.4 Å². The van der Waals surface area contributed by atoms with Crippen LogP contribution in [0.4, 0.5) is 0 Å². The molecule has 1 aromatic rings. The molecule has 0 aliphatic carbocycles. The molecular formula is C13H19NO3. The van der Waals surface area contributed by atoms with Gasteiger partial charge in [0.25, 0.3) is 0 Å². The smallest absolute Gasteiger partial charge is 0.320 e. The molecular weight excluding hydrogens is 218 g/mol. The minimum Gasteiger partial charge on any atom is -0.480 e. The first-order valence-electron chi connectivity index (χ1n) is 5.75. The SMILES string of the molecule is CNC(CCOCCc1ccccc1)C(=O)O. The van der Waals surface area contributed by atoms with Crippen LogP contribution < -0.4 is 5.32 Å². The van der Waals surface area contributed by atoms with Gasteiger partial charge in [-0.15, -0.1) is 0 Å². The number of likely N-dealkylation sites (N-methyl/N-ethyl adjacent to an activating group) is 1. The van der Waals surface area contributed by atoms with Crippen molar-refractivity contribution in [2.45, 2.75) is 18.9 Å². The highest BCUT2D eigenvalue weighted by atomic mass is 16.5. The Hall–Kier alpha value is -1.39. The number of carboxylic acids is 1. The summed E-state index contributed by atoms with van der Waals surface area (Å²) in [6.07, 6.45) is 1.35. The van der Waals surface area contributed by atoms with E-state index in [-0.39, 0.29) is 0 Å². The Morgan fingerprint density at radius 3 is 2.65 bits per heavy atom. The van der Waals surface area contributed by atoms with E-state index in [4.69, 9.17) is 9.84 Å². The van der Waals surface area contributed by atoms with Crippen LogP contribution in [-0.2, 0) is 16.0 Å². The molecule has 94 valence electrons. The van der Waals surface area contributed by atoms with Crippen LogP contribution in [0.15, 0.2) is 30.3 Å². The third-order valence-corrected chi connectivity index (χ3v) is 2.58. The number of rotatable bonds is 8. The van der Waals surface area contributed by atoms with Gasteiger partial charge in [-0.05, 0) is 25.5 Å². The molecule has 0 aromatic heterocycles. The molecule has 0 bridgehead atoms. The highest BCUT2D eigenvalue weighted by Gasteiger charge is 2.13. The van der Waals surface area contributed by atoms with Crippen LogP contribution in [0, 0.1) is 0 Å². The van der Waals surface area contributed by atoms with Crippen LogP contribution in [0.3, 0.4) is 0 Å². The van der Waals surface area contributed by atoms with Crippen LogP contribution in [-0.4, -0.2) is 37.4 Å². The lowest BCUT2D eigenvalue weighted by Gasteiger charge is -2.11. The van der Waals surface area contributed by atoms with Gasteiger partial charge < -0.3 is 15.2 Å². The highest BCUT2D eigenvalue weighted by Crippen LogP contribution is 2.00. The summed E-state index contributed by atoms with van der Waals surface area (Å²) >= 11 is 0. The molecule has 1 unspecified atom stereocenters. The van der Waals surface area contributed by atoms with Crippen molar-refractivity contribution in [2.75, 3.05) is 20.3 Å². The normalized spacial score (nSPS) is 12.3. The lowest BCUT2D eigenvalue weighted by molar-refractivity contribution is -0.139. The number of hydrogen-bond donors (Lipinski definition) is 2. The largest absolute Gasteiger partial charge is 0.480 e. The van der Waals surface area contributed by atoms with Crippen LogP contribution >= 0.6 is 0 Å². The number of benzene rings is 1. The van der Waals surface area contributed by atoms with Crippen LogP contribution in [0.5, 0.6) is 0 Å². The Morgan fingerprint density at radius 1 is 1.35 bits per heavy atom. The molecule has 0 heterocycles. The number of carbonyl (C=O) groups is 1. The van der Waals surface area contributed by atoms with Gasteiger partial charge in [0.15, 0.2) is 0 Å². The second kappa shape index (κ2) is 7.81. The molecule has 0 saturated carbocycles. The lowest BCUT2D eigenvalue weighted by atomic mass is 10.2. The van der Waals surface area contributed by atoms with Gasteiger partial charge in [-0.25, -0.2) is 0 Å². The van der Waals surface area contributed by atoms with E-state index in [1.807, 2.05) is 18.2 Å². The standard InChI is InChI=1S/C13H19NO3/c1-14-12(13(15)16)8-10-17-9-7-11-5-3-2-4-6-11/h2-6,12,14H,7-10H2,1H3,(H,15,16). The van der Waals surface area contributed by atoms with Crippen LogP contribution in [0.2, 0.25) is 0 Å². The van der Waals surface area contributed by atoms with E-state index >= 15 is 0 Å². The van der Waals surface area contributed by atoms with Crippen molar-refractivity contribution in [1.29, 1.82) is 0 Å². The molecule has 17 heavy (non-hydrogen) atoms. The summed E-state index contributed by atoms with van der Waals surface area (Å²) in [5.74, 6) is -0.834. The summed E-state index contributed by atoms with van der Waals surface area (Å²) < 4.78 is 5.42. The first kappa shape index (κ1) is 13.7. The molecule has 0 aliphatic rings. The first-order valence-corrected chi connectivity index (χ1v) is 5.75. The van der Waals surface area contributed by atoms with Crippen molar-refractivity contribution in [3.05, 3.63) is 35.9 Å². The predicted molar refractivity (Wildman–Crippen MR) is 66.1 cm³/mol. The summed E-state index contributed by atoms with van der Waals surface area (Å²) in [5, 5.41) is 11.5. The van der Waals surface area contributed by atoms with E-state index in [1.54, 1.807) is 7.05 Å². The molecule has 4 heteroatoms. The summed E-state index contributed by atoms with van der Waals surface area (Å²) in [5.41, 5.74) is 1.23. The maximum Gasteiger partial charge on any atom is 0.320 e. The van der Waals surface area contributed by atoms with Gasteiger partial charge in [-0.2, -0.15) is 0 Å². The van der Waals surface area contributed by atoms with Crippen LogP contribution in [0.1, 0.15) is 12.0 Å². The van der Waals surface area contributed by atoms with Crippen molar-refractivity contribution < 1.29 is 14.6 Å². The third-order valence-electron chi connectivity index (χ3n) is 2.58. The van der Waals surface area contributed by atoms with Crippen molar-refractivity contribution in [1.82, 2.24) is 5.32 Å². The average molecular weight is 237 g/mol. The molecule has 0 saturated heterocycles. The van der Waals surface area contributed by atoms with Crippen molar-refractivity contribution >= 4 is 5.97 Å². The Labute approximate surface area is 102 Å². The topological polar surface area (TPSA) is 58.6 Å². The molecule has 1 atom stereocenters. The fourth-order valence-electron chi connectivity index (χ4n) is 1.53. The van der Waals surface area contributed by atoms with Crippen molar-refractivity contribution in [3.8, 4) is 0 Å². The summed E-state index contributed by atoms with van der Waals surface area (Å²) in [4.78, 5) is 10.7. The van der Waals surface area contributed by atoms with Gasteiger partial charge in [0.05, 0.1) is 6.61 Å². The van der Waals surface area contributed by atoms with Gasteiger partial charge >= 0.3 is 5.97 Å². The second-order valence-electron chi connectivity index (χ2n) is 3.82.